The Morgan fingerprint density at radius 3 is 2.65 bits per heavy atom. The zero-order chi connectivity index (χ0) is 24.7. The van der Waals surface area contributed by atoms with Crippen LogP contribution < -0.4 is 11.0 Å². The third-order valence-electron chi connectivity index (χ3n) is 6.48. The zero-order valence-electron chi connectivity index (χ0n) is 20.0. The Hall–Kier alpha value is -3.42. The lowest BCUT2D eigenvalue weighted by atomic mass is 9.83. The second kappa shape index (κ2) is 9.08. The van der Waals surface area contributed by atoms with Crippen molar-refractivity contribution in [3.05, 3.63) is 81.9 Å². The SMILES string of the molecule is [2H]c1ccc(-c2nc(C)c(C3CCNCC3)c(-c3ccc(-n4ccn(C)c4=O)c(Cl)c3)c2O)cn1. The molecule has 0 unspecified atom stereocenters. The van der Waals surface area contributed by atoms with Gasteiger partial charge in [0.15, 0.2) is 0 Å². The second-order valence-electron chi connectivity index (χ2n) is 8.61. The number of hydrogen-bond acceptors (Lipinski definition) is 5. The predicted octanol–water partition coefficient (Wildman–Crippen LogP) is 4.43. The minimum atomic E-state index is -0.190. The Kier molecular flexibility index (Phi) is 5.65. The maximum absolute atomic E-state index is 12.5. The van der Waals surface area contributed by atoms with Gasteiger partial charge in [-0.3, -0.25) is 9.55 Å². The highest BCUT2D eigenvalue weighted by Crippen LogP contribution is 2.45. The molecular formula is C26H26ClN5O2. The highest BCUT2D eigenvalue weighted by molar-refractivity contribution is 6.32. The number of aromatic nitrogens is 4. The maximum atomic E-state index is 12.5. The van der Waals surface area contributed by atoms with Crippen LogP contribution in [0, 0.1) is 6.92 Å². The summed E-state index contributed by atoms with van der Waals surface area (Å²) in [5.74, 6) is 0.298. The van der Waals surface area contributed by atoms with Gasteiger partial charge < -0.3 is 15.0 Å². The Labute approximate surface area is 204 Å². The number of benzene rings is 1. The van der Waals surface area contributed by atoms with Gasteiger partial charge in [-0.25, -0.2) is 9.78 Å². The maximum Gasteiger partial charge on any atom is 0.332 e. The Morgan fingerprint density at radius 1 is 1.21 bits per heavy atom. The van der Waals surface area contributed by atoms with Crippen molar-refractivity contribution >= 4 is 11.6 Å². The summed E-state index contributed by atoms with van der Waals surface area (Å²) in [7, 11) is 1.69. The van der Waals surface area contributed by atoms with Gasteiger partial charge in [-0.1, -0.05) is 17.7 Å². The fraction of sp³-hybridized carbons (Fsp3) is 0.269. The van der Waals surface area contributed by atoms with Crippen LogP contribution in [0.1, 0.15) is 31.4 Å². The van der Waals surface area contributed by atoms with E-state index >= 15 is 0 Å². The zero-order valence-corrected chi connectivity index (χ0v) is 19.8. The van der Waals surface area contributed by atoms with Crippen LogP contribution >= 0.6 is 11.6 Å². The fourth-order valence-corrected chi connectivity index (χ4v) is 5.05. The van der Waals surface area contributed by atoms with Crippen LogP contribution in [0.4, 0.5) is 0 Å². The number of pyridine rings is 2. The monoisotopic (exact) mass is 476 g/mol. The summed E-state index contributed by atoms with van der Waals surface area (Å²) in [5, 5.41) is 15.4. The van der Waals surface area contributed by atoms with E-state index in [1.807, 2.05) is 13.0 Å². The number of nitrogens with zero attached hydrogens (tertiary/aromatic N) is 4. The van der Waals surface area contributed by atoms with Crippen molar-refractivity contribution in [2.24, 2.45) is 7.05 Å². The summed E-state index contributed by atoms with van der Waals surface area (Å²) in [6.45, 7) is 3.77. The molecule has 7 nitrogen and oxygen atoms in total. The van der Waals surface area contributed by atoms with Crippen molar-refractivity contribution in [2.45, 2.75) is 25.7 Å². The third-order valence-corrected chi connectivity index (χ3v) is 6.78. The largest absolute Gasteiger partial charge is 0.505 e. The summed E-state index contributed by atoms with van der Waals surface area (Å²) >= 11 is 6.69. The van der Waals surface area contributed by atoms with Crippen LogP contribution in [0.5, 0.6) is 5.75 Å². The first-order chi connectivity index (χ1) is 16.8. The third kappa shape index (κ3) is 3.91. The second-order valence-corrected chi connectivity index (χ2v) is 9.02. The van der Waals surface area contributed by atoms with E-state index in [4.69, 9.17) is 18.0 Å². The van der Waals surface area contributed by atoms with E-state index < -0.39 is 0 Å². The molecule has 1 aromatic carbocycles. The Bertz CT molecular complexity index is 1460. The minimum Gasteiger partial charge on any atom is -0.505 e. The number of imidazole rings is 1. The molecule has 4 aromatic rings. The van der Waals surface area contributed by atoms with Crippen LogP contribution in [0.2, 0.25) is 5.02 Å². The van der Waals surface area contributed by atoms with Crippen molar-refractivity contribution < 1.29 is 6.48 Å². The van der Waals surface area contributed by atoms with Gasteiger partial charge in [0, 0.05) is 48.6 Å². The van der Waals surface area contributed by atoms with Crippen LogP contribution in [0.25, 0.3) is 28.1 Å². The van der Waals surface area contributed by atoms with Crippen molar-refractivity contribution in [1.29, 1.82) is 0 Å². The van der Waals surface area contributed by atoms with Gasteiger partial charge in [0.2, 0.25) is 0 Å². The normalized spacial score (nSPS) is 14.9. The first-order valence-electron chi connectivity index (χ1n) is 11.8. The van der Waals surface area contributed by atoms with Crippen molar-refractivity contribution in [1.82, 2.24) is 24.4 Å². The number of hydrogen-bond donors (Lipinski definition) is 2. The van der Waals surface area contributed by atoms with Crippen LogP contribution in [-0.4, -0.2) is 37.3 Å². The van der Waals surface area contributed by atoms with E-state index in [-0.39, 0.29) is 23.5 Å². The molecule has 2 N–H and O–H groups in total. The quantitative estimate of drug-likeness (QED) is 0.455. The smallest absolute Gasteiger partial charge is 0.332 e. The molecule has 5 rings (SSSR count). The summed E-state index contributed by atoms with van der Waals surface area (Å²) in [6.07, 6.45) is 6.94. The fourth-order valence-electron chi connectivity index (χ4n) is 4.78. The van der Waals surface area contributed by atoms with Crippen molar-refractivity contribution in [3.8, 4) is 33.8 Å². The molecule has 0 amide bonds. The van der Waals surface area contributed by atoms with Gasteiger partial charge in [-0.05, 0) is 74.2 Å². The topological polar surface area (TPSA) is 85.0 Å². The lowest BCUT2D eigenvalue weighted by Gasteiger charge is -2.28. The summed E-state index contributed by atoms with van der Waals surface area (Å²) in [4.78, 5) is 21.3. The minimum absolute atomic E-state index is 0.0596. The molecule has 0 radical (unpaired) electrons. The molecule has 0 saturated carbocycles. The van der Waals surface area contributed by atoms with Crippen LogP contribution in [0.15, 0.2) is 59.9 Å². The van der Waals surface area contributed by atoms with Gasteiger partial charge in [0.25, 0.3) is 0 Å². The average molecular weight is 477 g/mol. The van der Waals surface area contributed by atoms with E-state index in [9.17, 15) is 9.90 Å². The molecule has 3 aromatic heterocycles. The van der Waals surface area contributed by atoms with Gasteiger partial charge in [-0.15, -0.1) is 0 Å². The molecule has 34 heavy (non-hydrogen) atoms. The molecule has 0 atom stereocenters. The first kappa shape index (κ1) is 21.1. The summed E-state index contributed by atoms with van der Waals surface area (Å²) < 4.78 is 10.7. The van der Waals surface area contributed by atoms with Crippen LogP contribution in [-0.2, 0) is 7.05 Å². The number of nitrogens with one attached hydrogen (secondary N) is 1. The molecule has 0 spiro atoms. The molecule has 1 saturated heterocycles. The van der Waals surface area contributed by atoms with Crippen molar-refractivity contribution in [2.75, 3.05) is 13.1 Å². The van der Waals surface area contributed by atoms with E-state index in [0.29, 0.717) is 27.5 Å². The number of piperidine rings is 1. The number of halogens is 1. The molecular weight excluding hydrogens is 450 g/mol. The molecule has 1 aliphatic rings. The van der Waals surface area contributed by atoms with Gasteiger partial charge in [0.05, 0.1) is 12.1 Å². The highest BCUT2D eigenvalue weighted by Gasteiger charge is 2.27. The number of rotatable bonds is 4. The van der Waals surface area contributed by atoms with Crippen molar-refractivity contribution in [3.63, 3.8) is 0 Å². The van der Waals surface area contributed by atoms with Gasteiger partial charge in [0.1, 0.15) is 11.4 Å². The number of aryl methyl sites for hydroxylation is 2. The average Bonchev–Trinajstić information content (AvgIpc) is 3.19. The molecule has 0 aliphatic carbocycles. The van der Waals surface area contributed by atoms with Crippen LogP contribution in [0.3, 0.4) is 0 Å². The molecule has 1 fully saturated rings. The van der Waals surface area contributed by atoms with E-state index in [1.54, 1.807) is 49.9 Å². The lowest BCUT2D eigenvalue weighted by molar-refractivity contribution is 0.450. The molecule has 1 aliphatic heterocycles. The molecule has 8 heteroatoms. The summed E-state index contributed by atoms with van der Waals surface area (Å²) in [5.41, 5.74) is 4.75. The molecule has 0 bridgehead atoms. The first-order valence-corrected chi connectivity index (χ1v) is 11.6. The van der Waals surface area contributed by atoms with E-state index in [2.05, 4.69) is 10.3 Å². The number of aromatic hydroxyl groups is 1. The van der Waals surface area contributed by atoms with E-state index in [0.717, 1.165) is 42.8 Å². The molecule has 4 heterocycles. The highest BCUT2D eigenvalue weighted by atomic mass is 35.5. The standard InChI is InChI=1S/C26H26ClN5O2/c1-16-22(17-7-10-28-11-8-17)23(25(33)24(30-16)19-4-3-9-29-15-19)18-5-6-21(20(27)14-18)32-13-12-31(2)26(32)34/h3-6,9,12-15,17,28,33H,7-8,10-11H2,1-2H3/i9D. The Morgan fingerprint density at radius 2 is 2.00 bits per heavy atom. The van der Waals surface area contributed by atoms with Gasteiger partial charge in [-0.2, -0.15) is 0 Å². The molecule has 174 valence electrons. The Balaban J connectivity index is 1.71. The van der Waals surface area contributed by atoms with Gasteiger partial charge >= 0.3 is 5.69 Å². The van der Waals surface area contributed by atoms with E-state index in [1.165, 1.54) is 9.13 Å². The predicted molar refractivity (Wildman–Crippen MR) is 134 cm³/mol. The lowest BCUT2D eigenvalue weighted by Crippen LogP contribution is -2.27. The summed E-state index contributed by atoms with van der Waals surface area (Å²) in [6, 6.07) is 8.80.